The molecule has 18 heavy (non-hydrogen) atoms. The van der Waals surface area contributed by atoms with E-state index in [1.807, 2.05) is 25.1 Å². The SMILES string of the molecule is COc1cccc(CC(C)(C#N)N2CCCC2)c1. The van der Waals surface area contributed by atoms with Gasteiger partial charge in [-0.2, -0.15) is 5.26 Å². The van der Waals surface area contributed by atoms with E-state index >= 15 is 0 Å². The highest BCUT2D eigenvalue weighted by Crippen LogP contribution is 2.26. The van der Waals surface area contributed by atoms with E-state index in [0.717, 1.165) is 30.8 Å². The molecule has 0 amide bonds. The first kappa shape index (κ1) is 12.9. The van der Waals surface area contributed by atoms with Gasteiger partial charge in [0.05, 0.1) is 13.2 Å². The molecule has 2 rings (SSSR count). The Morgan fingerprint density at radius 2 is 2.11 bits per heavy atom. The van der Waals surface area contributed by atoms with E-state index in [1.54, 1.807) is 7.11 Å². The van der Waals surface area contributed by atoms with Crippen LogP contribution in [-0.2, 0) is 6.42 Å². The first-order valence-corrected chi connectivity index (χ1v) is 6.47. The first-order valence-electron chi connectivity index (χ1n) is 6.47. The largest absolute Gasteiger partial charge is 0.497 e. The van der Waals surface area contributed by atoms with Crippen LogP contribution in [0.4, 0.5) is 0 Å². The Morgan fingerprint density at radius 1 is 1.39 bits per heavy atom. The minimum atomic E-state index is -0.400. The quantitative estimate of drug-likeness (QED) is 0.817. The van der Waals surface area contributed by atoms with Crippen LogP contribution >= 0.6 is 0 Å². The molecule has 1 aromatic rings. The molecule has 0 radical (unpaired) electrons. The number of methoxy groups -OCH3 is 1. The molecule has 0 aromatic heterocycles. The highest BCUT2D eigenvalue weighted by Gasteiger charge is 2.33. The molecule has 1 unspecified atom stereocenters. The lowest BCUT2D eigenvalue weighted by Crippen LogP contribution is -2.45. The summed E-state index contributed by atoms with van der Waals surface area (Å²) in [4.78, 5) is 2.30. The van der Waals surface area contributed by atoms with Gasteiger partial charge in [0.1, 0.15) is 11.3 Å². The maximum absolute atomic E-state index is 9.51. The average Bonchev–Trinajstić information content (AvgIpc) is 2.93. The van der Waals surface area contributed by atoms with E-state index in [1.165, 1.54) is 12.8 Å². The molecule has 96 valence electrons. The first-order chi connectivity index (χ1) is 8.68. The number of ether oxygens (including phenoxy) is 1. The van der Waals surface area contributed by atoms with Crippen molar-refractivity contribution >= 4 is 0 Å². The van der Waals surface area contributed by atoms with Crippen molar-refractivity contribution in [3.8, 4) is 11.8 Å². The molecule has 1 heterocycles. The van der Waals surface area contributed by atoms with Crippen LogP contribution in [0.1, 0.15) is 25.3 Å². The number of hydrogen-bond donors (Lipinski definition) is 0. The monoisotopic (exact) mass is 244 g/mol. The molecule has 1 aliphatic rings. The maximum atomic E-state index is 9.51. The zero-order valence-corrected chi connectivity index (χ0v) is 11.1. The van der Waals surface area contributed by atoms with E-state index in [-0.39, 0.29) is 0 Å². The second-order valence-electron chi connectivity index (χ2n) is 5.11. The average molecular weight is 244 g/mol. The smallest absolute Gasteiger partial charge is 0.119 e. The molecule has 1 aromatic carbocycles. The molecule has 1 fully saturated rings. The normalized spacial score (nSPS) is 19.2. The number of rotatable bonds is 4. The highest BCUT2D eigenvalue weighted by atomic mass is 16.5. The summed E-state index contributed by atoms with van der Waals surface area (Å²) in [6.45, 7) is 4.11. The molecule has 3 nitrogen and oxygen atoms in total. The predicted octanol–water partition coefficient (Wildman–Crippen LogP) is 2.62. The molecule has 3 heteroatoms. The van der Waals surface area contributed by atoms with Gasteiger partial charge in [-0.1, -0.05) is 12.1 Å². The van der Waals surface area contributed by atoms with Gasteiger partial charge in [0, 0.05) is 6.42 Å². The van der Waals surface area contributed by atoms with E-state index in [2.05, 4.69) is 17.0 Å². The van der Waals surface area contributed by atoms with Crippen molar-refractivity contribution in [1.29, 1.82) is 5.26 Å². The summed E-state index contributed by atoms with van der Waals surface area (Å²) in [6, 6.07) is 10.5. The van der Waals surface area contributed by atoms with Gasteiger partial charge in [-0.05, 0) is 50.6 Å². The topological polar surface area (TPSA) is 36.3 Å². The zero-order chi connectivity index (χ0) is 13.0. The van der Waals surface area contributed by atoms with Crippen molar-refractivity contribution < 1.29 is 4.74 Å². The minimum absolute atomic E-state index is 0.400. The van der Waals surface area contributed by atoms with Crippen LogP contribution in [0.5, 0.6) is 5.75 Å². The van der Waals surface area contributed by atoms with Crippen LogP contribution < -0.4 is 4.74 Å². The Bertz CT molecular complexity index is 446. The minimum Gasteiger partial charge on any atom is -0.497 e. The third kappa shape index (κ3) is 2.65. The highest BCUT2D eigenvalue weighted by molar-refractivity contribution is 5.31. The second-order valence-corrected chi connectivity index (χ2v) is 5.11. The van der Waals surface area contributed by atoms with E-state index in [9.17, 15) is 5.26 Å². The fourth-order valence-corrected chi connectivity index (χ4v) is 2.61. The van der Waals surface area contributed by atoms with Gasteiger partial charge in [-0.25, -0.2) is 0 Å². The standard InChI is InChI=1S/C15H20N2O/c1-15(12-16,17-8-3-4-9-17)11-13-6-5-7-14(10-13)18-2/h5-7,10H,3-4,8-9,11H2,1-2H3. The van der Waals surface area contributed by atoms with E-state index < -0.39 is 5.54 Å². The van der Waals surface area contributed by atoms with Gasteiger partial charge < -0.3 is 4.74 Å². The van der Waals surface area contributed by atoms with Gasteiger partial charge in [-0.3, -0.25) is 4.90 Å². The number of likely N-dealkylation sites (tertiary alicyclic amines) is 1. The molecule has 1 saturated heterocycles. The summed E-state index contributed by atoms with van der Waals surface area (Å²) in [7, 11) is 1.67. The summed E-state index contributed by atoms with van der Waals surface area (Å²) in [5.41, 5.74) is 0.758. The van der Waals surface area contributed by atoms with Crippen molar-refractivity contribution in [2.45, 2.75) is 31.7 Å². The lowest BCUT2D eigenvalue weighted by Gasteiger charge is -2.32. The lowest BCUT2D eigenvalue weighted by atomic mass is 9.92. The van der Waals surface area contributed by atoms with Crippen LogP contribution in [0.25, 0.3) is 0 Å². The summed E-state index contributed by atoms with van der Waals surface area (Å²) in [5.74, 6) is 0.856. The predicted molar refractivity (Wildman–Crippen MR) is 71.5 cm³/mol. The Balaban J connectivity index is 2.16. The third-order valence-corrected chi connectivity index (χ3v) is 3.73. The van der Waals surface area contributed by atoms with Crippen LogP contribution in [0.3, 0.4) is 0 Å². The van der Waals surface area contributed by atoms with Gasteiger partial charge >= 0.3 is 0 Å². The summed E-state index contributed by atoms with van der Waals surface area (Å²) in [5, 5.41) is 9.51. The van der Waals surface area contributed by atoms with Crippen LogP contribution in [0, 0.1) is 11.3 Å². The van der Waals surface area contributed by atoms with Crippen molar-refractivity contribution in [2.75, 3.05) is 20.2 Å². The molecular formula is C15H20N2O. The molecule has 0 N–H and O–H groups in total. The molecule has 0 aliphatic carbocycles. The number of hydrogen-bond acceptors (Lipinski definition) is 3. The van der Waals surface area contributed by atoms with Gasteiger partial charge in [0.15, 0.2) is 0 Å². The van der Waals surface area contributed by atoms with Gasteiger partial charge in [0.25, 0.3) is 0 Å². The fourth-order valence-electron chi connectivity index (χ4n) is 2.61. The van der Waals surface area contributed by atoms with Crippen molar-refractivity contribution in [3.63, 3.8) is 0 Å². The van der Waals surface area contributed by atoms with Gasteiger partial charge in [-0.15, -0.1) is 0 Å². The summed E-state index contributed by atoms with van der Waals surface area (Å²) >= 11 is 0. The van der Waals surface area contributed by atoms with Crippen LogP contribution in [0.15, 0.2) is 24.3 Å². The molecule has 1 atom stereocenters. The molecule has 0 bridgehead atoms. The maximum Gasteiger partial charge on any atom is 0.119 e. The molecular weight excluding hydrogens is 224 g/mol. The van der Waals surface area contributed by atoms with E-state index in [0.29, 0.717) is 0 Å². The molecule has 0 saturated carbocycles. The van der Waals surface area contributed by atoms with E-state index in [4.69, 9.17) is 4.74 Å². The van der Waals surface area contributed by atoms with Crippen LogP contribution in [-0.4, -0.2) is 30.6 Å². The fraction of sp³-hybridized carbons (Fsp3) is 0.533. The summed E-state index contributed by atoms with van der Waals surface area (Å²) < 4.78 is 5.23. The Morgan fingerprint density at radius 3 is 2.72 bits per heavy atom. The Labute approximate surface area is 109 Å². The number of benzene rings is 1. The zero-order valence-electron chi connectivity index (χ0n) is 11.1. The third-order valence-electron chi connectivity index (χ3n) is 3.73. The van der Waals surface area contributed by atoms with Crippen molar-refractivity contribution in [3.05, 3.63) is 29.8 Å². The number of nitrogens with zero attached hydrogens (tertiary/aromatic N) is 2. The Hall–Kier alpha value is -1.53. The molecule has 1 aliphatic heterocycles. The second kappa shape index (κ2) is 5.41. The Kier molecular flexibility index (Phi) is 3.88. The number of nitriles is 1. The van der Waals surface area contributed by atoms with Crippen LogP contribution in [0.2, 0.25) is 0 Å². The lowest BCUT2D eigenvalue weighted by molar-refractivity contribution is 0.191. The van der Waals surface area contributed by atoms with Crippen molar-refractivity contribution in [2.24, 2.45) is 0 Å². The summed E-state index contributed by atoms with van der Waals surface area (Å²) in [6.07, 6.45) is 3.16. The van der Waals surface area contributed by atoms with Crippen molar-refractivity contribution in [1.82, 2.24) is 4.90 Å². The van der Waals surface area contributed by atoms with Gasteiger partial charge in [0.2, 0.25) is 0 Å². The molecule has 0 spiro atoms.